The molecular weight excluding hydrogens is 344 g/mol. The van der Waals surface area contributed by atoms with Gasteiger partial charge in [0.25, 0.3) is 0 Å². The maximum atomic E-state index is 6.07. The minimum absolute atomic E-state index is 0.760. The van der Waals surface area contributed by atoms with E-state index in [1.165, 1.54) is 4.70 Å². The van der Waals surface area contributed by atoms with E-state index in [1.54, 1.807) is 22.2 Å². The summed E-state index contributed by atoms with van der Waals surface area (Å²) in [5, 5.41) is 10.8. The molecule has 0 fully saturated rings. The van der Waals surface area contributed by atoms with Crippen LogP contribution in [0.1, 0.15) is 0 Å². The second kappa shape index (κ2) is 6.16. The van der Waals surface area contributed by atoms with Crippen molar-refractivity contribution in [3.8, 4) is 22.9 Å². The summed E-state index contributed by atoms with van der Waals surface area (Å²) in [6, 6.07) is 19.8. The Kier molecular flexibility index (Phi) is 3.54. The molecule has 0 aliphatic rings. The fourth-order valence-corrected chi connectivity index (χ4v) is 3.62. The van der Waals surface area contributed by atoms with Crippen molar-refractivity contribution in [3.05, 3.63) is 84.6 Å². The lowest BCUT2D eigenvalue weighted by molar-refractivity contribution is 0.482. The monoisotopic (exact) mass is 358 g/mol. The zero-order chi connectivity index (χ0) is 17.3. The first-order chi connectivity index (χ1) is 12.9. The van der Waals surface area contributed by atoms with E-state index < -0.39 is 0 Å². The Bertz CT molecular complexity index is 1170. The number of fused-ring (bicyclic) bond motifs is 1. The molecule has 0 saturated carbocycles. The van der Waals surface area contributed by atoms with Gasteiger partial charge >= 0.3 is 0 Å². The van der Waals surface area contributed by atoms with Gasteiger partial charge in [-0.05, 0) is 41.8 Å². The quantitative estimate of drug-likeness (QED) is 0.451. The molecule has 126 valence electrons. The minimum atomic E-state index is 0.760. The number of rotatable bonds is 4. The van der Waals surface area contributed by atoms with Crippen molar-refractivity contribution in [2.75, 3.05) is 0 Å². The van der Waals surface area contributed by atoms with Gasteiger partial charge in [0.1, 0.15) is 11.5 Å². The number of hydrogen-bond donors (Lipinski definition) is 0. The molecule has 3 aromatic heterocycles. The molecule has 5 rings (SSSR count). The van der Waals surface area contributed by atoms with Crippen LogP contribution in [0.25, 0.3) is 21.6 Å². The van der Waals surface area contributed by atoms with Crippen molar-refractivity contribution in [1.82, 2.24) is 19.6 Å². The summed E-state index contributed by atoms with van der Waals surface area (Å²) in [7, 11) is 0. The first kappa shape index (κ1) is 14.9. The Hall–Kier alpha value is -3.38. The minimum Gasteiger partial charge on any atom is -0.457 e. The Morgan fingerprint density at radius 1 is 0.846 bits per heavy atom. The van der Waals surface area contributed by atoms with Crippen molar-refractivity contribution < 1.29 is 4.74 Å². The van der Waals surface area contributed by atoms with Crippen LogP contribution in [0.5, 0.6) is 11.5 Å². The van der Waals surface area contributed by atoms with Gasteiger partial charge in [0.05, 0.1) is 27.8 Å². The molecule has 0 atom stereocenters. The van der Waals surface area contributed by atoms with Gasteiger partial charge in [-0.25, -0.2) is 9.36 Å². The van der Waals surface area contributed by atoms with E-state index in [0.717, 1.165) is 28.4 Å². The molecular formula is C20H14N4OS. The molecule has 26 heavy (non-hydrogen) atoms. The van der Waals surface area contributed by atoms with E-state index in [2.05, 4.69) is 21.6 Å². The highest BCUT2D eigenvalue weighted by Crippen LogP contribution is 2.28. The molecule has 2 aromatic carbocycles. The van der Waals surface area contributed by atoms with Gasteiger partial charge in [-0.2, -0.15) is 10.2 Å². The Balaban J connectivity index is 1.47. The fourth-order valence-electron chi connectivity index (χ4n) is 2.89. The van der Waals surface area contributed by atoms with E-state index in [1.807, 2.05) is 71.7 Å². The molecule has 6 heteroatoms. The Labute approximate surface area is 153 Å². The van der Waals surface area contributed by atoms with Gasteiger partial charge < -0.3 is 4.74 Å². The van der Waals surface area contributed by atoms with Crippen molar-refractivity contribution in [3.63, 3.8) is 0 Å². The predicted octanol–water partition coefficient (Wildman–Crippen LogP) is 5.07. The summed E-state index contributed by atoms with van der Waals surface area (Å²) in [5.41, 5.74) is 3.03. The summed E-state index contributed by atoms with van der Waals surface area (Å²) in [6.07, 6.45) is 5.55. The zero-order valence-corrected chi connectivity index (χ0v) is 14.5. The Morgan fingerprint density at radius 3 is 2.46 bits per heavy atom. The standard InChI is InChI=1S/C20H14N4OS/c1-4-15(23-10-3-9-21-23)12-17(6-1)25-18-7-2-5-16(13-18)24-19-8-11-26-20(19)14-22-24/h1-14H. The number of thiophene rings is 1. The molecule has 0 aliphatic heterocycles. The second-order valence-corrected chi connectivity index (χ2v) is 6.72. The largest absolute Gasteiger partial charge is 0.457 e. The normalized spacial score (nSPS) is 11.1. The van der Waals surface area contributed by atoms with Gasteiger partial charge in [-0.15, -0.1) is 11.3 Å². The molecule has 0 saturated heterocycles. The van der Waals surface area contributed by atoms with Crippen LogP contribution in [0.4, 0.5) is 0 Å². The average Bonchev–Trinajstić information content (AvgIpc) is 3.40. The van der Waals surface area contributed by atoms with E-state index >= 15 is 0 Å². The molecule has 0 radical (unpaired) electrons. The van der Waals surface area contributed by atoms with Crippen LogP contribution in [0.2, 0.25) is 0 Å². The predicted molar refractivity (Wildman–Crippen MR) is 103 cm³/mol. The van der Waals surface area contributed by atoms with Crippen LogP contribution in [0.3, 0.4) is 0 Å². The van der Waals surface area contributed by atoms with E-state index in [-0.39, 0.29) is 0 Å². The fraction of sp³-hybridized carbons (Fsp3) is 0. The van der Waals surface area contributed by atoms with Gasteiger partial charge in [0.15, 0.2) is 0 Å². The topological polar surface area (TPSA) is 44.9 Å². The van der Waals surface area contributed by atoms with Crippen LogP contribution >= 0.6 is 11.3 Å². The number of nitrogens with zero attached hydrogens (tertiary/aromatic N) is 4. The van der Waals surface area contributed by atoms with E-state index in [9.17, 15) is 0 Å². The van der Waals surface area contributed by atoms with Crippen LogP contribution in [-0.4, -0.2) is 19.6 Å². The molecule has 0 amide bonds. The molecule has 0 N–H and O–H groups in total. The molecule has 3 heterocycles. The maximum Gasteiger partial charge on any atom is 0.129 e. The summed E-state index contributed by atoms with van der Waals surface area (Å²) in [5.74, 6) is 1.52. The van der Waals surface area contributed by atoms with Crippen LogP contribution in [0.15, 0.2) is 84.6 Å². The van der Waals surface area contributed by atoms with Crippen LogP contribution in [0, 0.1) is 0 Å². The SMILES string of the molecule is c1cc(Oc2cccc(-n3ncc4sccc43)c2)cc(-n2cccn2)c1. The van der Waals surface area contributed by atoms with Gasteiger partial charge in [-0.1, -0.05) is 12.1 Å². The molecule has 0 bridgehead atoms. The number of aromatic nitrogens is 4. The highest BCUT2D eigenvalue weighted by atomic mass is 32.1. The lowest BCUT2D eigenvalue weighted by Gasteiger charge is -2.10. The van der Waals surface area contributed by atoms with E-state index in [0.29, 0.717) is 0 Å². The van der Waals surface area contributed by atoms with Crippen molar-refractivity contribution in [1.29, 1.82) is 0 Å². The molecule has 0 spiro atoms. The third kappa shape index (κ3) is 2.66. The maximum absolute atomic E-state index is 6.07. The zero-order valence-electron chi connectivity index (χ0n) is 13.7. The Morgan fingerprint density at radius 2 is 1.65 bits per heavy atom. The molecule has 5 aromatic rings. The van der Waals surface area contributed by atoms with Crippen molar-refractivity contribution >= 4 is 21.6 Å². The first-order valence-electron chi connectivity index (χ1n) is 8.16. The number of benzene rings is 2. The third-order valence-electron chi connectivity index (χ3n) is 4.08. The lowest BCUT2D eigenvalue weighted by atomic mass is 10.2. The molecule has 0 aliphatic carbocycles. The van der Waals surface area contributed by atoms with Crippen LogP contribution < -0.4 is 4.74 Å². The molecule has 5 nitrogen and oxygen atoms in total. The highest BCUT2D eigenvalue weighted by molar-refractivity contribution is 7.17. The second-order valence-electron chi connectivity index (χ2n) is 5.77. The highest BCUT2D eigenvalue weighted by Gasteiger charge is 2.07. The number of ether oxygens (including phenoxy) is 1. The van der Waals surface area contributed by atoms with Crippen LogP contribution in [-0.2, 0) is 0 Å². The number of hydrogen-bond acceptors (Lipinski definition) is 4. The van der Waals surface area contributed by atoms with Gasteiger partial charge in [0.2, 0.25) is 0 Å². The smallest absolute Gasteiger partial charge is 0.129 e. The van der Waals surface area contributed by atoms with Crippen molar-refractivity contribution in [2.45, 2.75) is 0 Å². The lowest BCUT2D eigenvalue weighted by Crippen LogP contribution is -1.96. The van der Waals surface area contributed by atoms with Gasteiger partial charge in [0, 0.05) is 24.5 Å². The third-order valence-corrected chi connectivity index (χ3v) is 4.92. The average molecular weight is 358 g/mol. The first-order valence-corrected chi connectivity index (χ1v) is 9.04. The summed E-state index contributed by atoms with van der Waals surface area (Å²) in [6.45, 7) is 0. The molecule has 0 unspecified atom stereocenters. The summed E-state index contributed by atoms with van der Waals surface area (Å²) < 4.78 is 11.0. The summed E-state index contributed by atoms with van der Waals surface area (Å²) in [4.78, 5) is 0. The van der Waals surface area contributed by atoms with Crippen molar-refractivity contribution in [2.24, 2.45) is 0 Å². The van der Waals surface area contributed by atoms with Gasteiger partial charge in [-0.3, -0.25) is 0 Å². The summed E-state index contributed by atoms with van der Waals surface area (Å²) >= 11 is 1.69. The van der Waals surface area contributed by atoms with E-state index in [4.69, 9.17) is 4.74 Å².